The van der Waals surface area contributed by atoms with Crippen LogP contribution < -0.4 is 10.5 Å². The lowest BCUT2D eigenvalue weighted by Crippen LogP contribution is -2.33. The molecular weight excluding hydrogens is 232 g/mol. The molecule has 0 amide bonds. The molecule has 0 saturated carbocycles. The van der Waals surface area contributed by atoms with Crippen LogP contribution in [0.4, 0.5) is 8.78 Å². The van der Waals surface area contributed by atoms with Crippen LogP contribution in [0.3, 0.4) is 0 Å². The van der Waals surface area contributed by atoms with Gasteiger partial charge in [-0.25, -0.2) is 8.78 Å². The van der Waals surface area contributed by atoms with Crippen molar-refractivity contribution in [2.24, 2.45) is 5.73 Å². The number of carbonyl (C=O) groups excluding carboxylic acids is 1. The predicted molar refractivity (Wildman–Crippen MR) is 56.6 cm³/mol. The third-order valence-corrected chi connectivity index (χ3v) is 2.22. The maximum absolute atomic E-state index is 13.3. The summed E-state index contributed by atoms with van der Waals surface area (Å²) in [5, 5.41) is 0. The fourth-order valence-electron chi connectivity index (χ4n) is 1.41. The van der Waals surface area contributed by atoms with Gasteiger partial charge in [-0.05, 0) is 24.1 Å². The summed E-state index contributed by atoms with van der Waals surface area (Å²) in [5.41, 5.74) is 5.74. The van der Waals surface area contributed by atoms with Gasteiger partial charge in [-0.1, -0.05) is 0 Å². The number of methoxy groups -OCH3 is 2. The first-order valence-corrected chi connectivity index (χ1v) is 4.85. The zero-order valence-electron chi connectivity index (χ0n) is 9.50. The van der Waals surface area contributed by atoms with Crippen molar-refractivity contribution < 1.29 is 23.0 Å². The summed E-state index contributed by atoms with van der Waals surface area (Å²) >= 11 is 0. The van der Waals surface area contributed by atoms with Crippen molar-refractivity contribution in [3.63, 3.8) is 0 Å². The quantitative estimate of drug-likeness (QED) is 0.804. The molecule has 0 aliphatic rings. The Hall–Kier alpha value is -1.69. The molecule has 1 atom stereocenters. The number of rotatable bonds is 4. The predicted octanol–water partition coefficient (Wildman–Crippen LogP) is 1.02. The first kappa shape index (κ1) is 13.4. The SMILES string of the molecule is COC(=O)C(N)Cc1cc(F)c(OC)c(F)c1. The van der Waals surface area contributed by atoms with Crippen molar-refractivity contribution in [3.05, 3.63) is 29.3 Å². The minimum absolute atomic E-state index is 0.00942. The fraction of sp³-hybridized carbons (Fsp3) is 0.364. The third kappa shape index (κ3) is 3.13. The highest BCUT2D eigenvalue weighted by Crippen LogP contribution is 2.23. The summed E-state index contributed by atoms with van der Waals surface area (Å²) in [7, 11) is 2.36. The van der Waals surface area contributed by atoms with Crippen LogP contribution in [0.15, 0.2) is 12.1 Å². The van der Waals surface area contributed by atoms with Gasteiger partial charge in [0.1, 0.15) is 6.04 Å². The third-order valence-electron chi connectivity index (χ3n) is 2.22. The first-order valence-electron chi connectivity index (χ1n) is 4.85. The Kier molecular flexibility index (Phi) is 4.39. The van der Waals surface area contributed by atoms with Gasteiger partial charge in [0.15, 0.2) is 17.4 Å². The van der Waals surface area contributed by atoms with Gasteiger partial charge >= 0.3 is 5.97 Å². The number of nitrogens with two attached hydrogens (primary N) is 1. The molecule has 1 unspecified atom stereocenters. The topological polar surface area (TPSA) is 61.5 Å². The van der Waals surface area contributed by atoms with Gasteiger partial charge in [-0.2, -0.15) is 0 Å². The average molecular weight is 245 g/mol. The van der Waals surface area contributed by atoms with E-state index in [1.807, 2.05) is 0 Å². The highest BCUT2D eigenvalue weighted by atomic mass is 19.1. The Morgan fingerprint density at radius 2 is 1.88 bits per heavy atom. The lowest BCUT2D eigenvalue weighted by atomic mass is 10.1. The van der Waals surface area contributed by atoms with Crippen molar-refractivity contribution in [2.75, 3.05) is 14.2 Å². The van der Waals surface area contributed by atoms with E-state index in [4.69, 9.17) is 5.73 Å². The van der Waals surface area contributed by atoms with Crippen molar-refractivity contribution in [2.45, 2.75) is 12.5 Å². The molecule has 0 aromatic heterocycles. The lowest BCUT2D eigenvalue weighted by Gasteiger charge is -2.10. The summed E-state index contributed by atoms with van der Waals surface area (Å²) in [4.78, 5) is 11.0. The molecular formula is C11H13F2NO3. The minimum atomic E-state index is -0.952. The average Bonchev–Trinajstić information content (AvgIpc) is 2.27. The molecule has 0 heterocycles. The Morgan fingerprint density at radius 3 is 2.29 bits per heavy atom. The van der Waals surface area contributed by atoms with Gasteiger partial charge in [-0.15, -0.1) is 0 Å². The highest BCUT2D eigenvalue weighted by molar-refractivity contribution is 5.75. The molecule has 0 bridgehead atoms. The van der Waals surface area contributed by atoms with Crippen LogP contribution >= 0.6 is 0 Å². The summed E-state index contributed by atoms with van der Waals surface area (Å²) < 4.78 is 35.6. The second kappa shape index (κ2) is 5.58. The zero-order valence-corrected chi connectivity index (χ0v) is 9.50. The Bertz CT molecular complexity index is 400. The van der Waals surface area contributed by atoms with Gasteiger partial charge in [0.2, 0.25) is 0 Å². The molecule has 0 aliphatic heterocycles. The summed E-state index contributed by atoms with van der Waals surface area (Å²) in [5.74, 6) is -2.76. The number of carbonyl (C=O) groups is 1. The zero-order chi connectivity index (χ0) is 13.0. The van der Waals surface area contributed by atoms with Crippen molar-refractivity contribution in [1.82, 2.24) is 0 Å². The maximum atomic E-state index is 13.3. The second-order valence-corrected chi connectivity index (χ2v) is 3.43. The van der Waals surface area contributed by atoms with Crippen LogP contribution in [0.1, 0.15) is 5.56 Å². The van der Waals surface area contributed by atoms with Crippen molar-refractivity contribution >= 4 is 5.97 Å². The van der Waals surface area contributed by atoms with E-state index in [0.29, 0.717) is 0 Å². The normalized spacial score (nSPS) is 12.1. The van der Waals surface area contributed by atoms with Gasteiger partial charge in [0, 0.05) is 0 Å². The fourth-order valence-corrected chi connectivity index (χ4v) is 1.41. The summed E-state index contributed by atoms with van der Waals surface area (Å²) in [6, 6.07) is 1.20. The highest BCUT2D eigenvalue weighted by Gasteiger charge is 2.17. The monoisotopic (exact) mass is 245 g/mol. The number of ether oxygens (including phenoxy) is 2. The van der Waals surface area contributed by atoms with Gasteiger partial charge in [0.05, 0.1) is 14.2 Å². The van der Waals surface area contributed by atoms with Crippen LogP contribution in [0.2, 0.25) is 0 Å². The van der Waals surface area contributed by atoms with Crippen LogP contribution in [0, 0.1) is 11.6 Å². The van der Waals surface area contributed by atoms with E-state index in [1.54, 1.807) is 0 Å². The standard InChI is InChI=1S/C11H13F2NO3/c1-16-10-7(12)3-6(4-8(10)13)5-9(14)11(15)17-2/h3-4,9H,5,14H2,1-2H3. The van der Waals surface area contributed by atoms with E-state index in [2.05, 4.69) is 9.47 Å². The molecule has 1 aromatic rings. The van der Waals surface area contributed by atoms with E-state index in [1.165, 1.54) is 14.2 Å². The molecule has 6 heteroatoms. The van der Waals surface area contributed by atoms with Crippen molar-refractivity contribution in [3.8, 4) is 5.75 Å². The smallest absolute Gasteiger partial charge is 0.322 e. The van der Waals surface area contributed by atoms with Crippen molar-refractivity contribution in [1.29, 1.82) is 0 Å². The maximum Gasteiger partial charge on any atom is 0.322 e. The second-order valence-electron chi connectivity index (χ2n) is 3.43. The minimum Gasteiger partial charge on any atom is -0.491 e. The summed E-state index contributed by atoms with van der Waals surface area (Å²) in [6.45, 7) is 0. The van der Waals surface area contributed by atoms with Gasteiger partial charge in [0.25, 0.3) is 0 Å². The van der Waals surface area contributed by atoms with Gasteiger partial charge in [-0.3, -0.25) is 4.79 Å². The molecule has 17 heavy (non-hydrogen) atoms. The molecule has 1 aromatic carbocycles. The molecule has 1 rings (SSSR count). The van der Waals surface area contributed by atoms with Crippen LogP contribution in [-0.4, -0.2) is 26.2 Å². The molecule has 94 valence electrons. The van der Waals surface area contributed by atoms with Crippen LogP contribution in [0.5, 0.6) is 5.75 Å². The van der Waals surface area contributed by atoms with E-state index < -0.39 is 29.4 Å². The Morgan fingerprint density at radius 1 is 1.35 bits per heavy atom. The molecule has 0 radical (unpaired) electrons. The Labute approximate surface area is 97.3 Å². The molecule has 0 spiro atoms. The molecule has 2 N–H and O–H groups in total. The first-order chi connectivity index (χ1) is 7.99. The number of benzene rings is 1. The van der Waals surface area contributed by atoms with E-state index >= 15 is 0 Å². The number of esters is 1. The van der Waals surface area contributed by atoms with E-state index in [0.717, 1.165) is 12.1 Å². The van der Waals surface area contributed by atoms with Gasteiger partial charge < -0.3 is 15.2 Å². The number of halogens is 2. The molecule has 0 fully saturated rings. The molecule has 0 saturated heterocycles. The number of hydrogen-bond donors (Lipinski definition) is 1. The number of hydrogen-bond acceptors (Lipinski definition) is 4. The lowest BCUT2D eigenvalue weighted by molar-refractivity contribution is -0.142. The molecule has 0 aliphatic carbocycles. The summed E-state index contributed by atoms with van der Waals surface area (Å²) in [6.07, 6.45) is -0.00942. The largest absolute Gasteiger partial charge is 0.491 e. The van der Waals surface area contributed by atoms with E-state index in [-0.39, 0.29) is 12.0 Å². The van der Waals surface area contributed by atoms with E-state index in [9.17, 15) is 13.6 Å². The van der Waals surface area contributed by atoms with Crippen LogP contribution in [-0.2, 0) is 16.0 Å². The van der Waals surface area contributed by atoms with Crippen LogP contribution in [0.25, 0.3) is 0 Å². The molecule has 4 nitrogen and oxygen atoms in total. The Balaban J connectivity index is 2.90.